The van der Waals surface area contributed by atoms with Crippen molar-refractivity contribution < 1.29 is 4.74 Å². The van der Waals surface area contributed by atoms with Crippen molar-refractivity contribution in [1.82, 2.24) is 15.2 Å². The van der Waals surface area contributed by atoms with Crippen LogP contribution in [0.4, 0.5) is 0 Å². The molecule has 2 aromatic carbocycles. The Bertz CT molecular complexity index is 955. The Hall–Kier alpha value is -1.82. The van der Waals surface area contributed by atoms with Gasteiger partial charge in [-0.3, -0.25) is 4.90 Å². The summed E-state index contributed by atoms with van der Waals surface area (Å²) in [5.41, 5.74) is 4.18. The van der Waals surface area contributed by atoms with Gasteiger partial charge >= 0.3 is 0 Å². The van der Waals surface area contributed by atoms with E-state index in [-0.39, 0.29) is 5.54 Å². The molecular weight excluding hydrogens is 402 g/mol. The van der Waals surface area contributed by atoms with E-state index in [0.29, 0.717) is 0 Å². The zero-order valence-corrected chi connectivity index (χ0v) is 16.9. The van der Waals surface area contributed by atoms with E-state index in [4.69, 9.17) is 4.74 Å². The van der Waals surface area contributed by atoms with E-state index in [1.54, 1.807) is 0 Å². The van der Waals surface area contributed by atoms with Gasteiger partial charge in [-0.15, -0.1) is 0 Å². The Balaban J connectivity index is 1.33. The van der Waals surface area contributed by atoms with Gasteiger partial charge in [-0.2, -0.15) is 0 Å². The van der Waals surface area contributed by atoms with Crippen molar-refractivity contribution in [2.45, 2.75) is 18.4 Å². The SMILES string of the molecule is Brc1ccc2[nH]c3c(c2c1)CCNC31CCN(CCOc2ccccc2)C1. The molecule has 1 saturated heterocycles. The Morgan fingerprint density at radius 2 is 2.04 bits per heavy atom. The fraction of sp³-hybridized carbons (Fsp3) is 0.364. The zero-order valence-electron chi connectivity index (χ0n) is 15.3. The fourth-order valence-electron chi connectivity index (χ4n) is 4.64. The molecular formula is C22H24BrN3O. The first-order valence-corrected chi connectivity index (χ1v) is 10.5. The Morgan fingerprint density at radius 3 is 2.93 bits per heavy atom. The molecule has 1 unspecified atom stereocenters. The first-order valence-electron chi connectivity index (χ1n) is 9.69. The third kappa shape index (κ3) is 3.18. The summed E-state index contributed by atoms with van der Waals surface area (Å²) in [4.78, 5) is 6.26. The number of para-hydroxylation sites is 1. The van der Waals surface area contributed by atoms with Gasteiger partial charge in [-0.25, -0.2) is 0 Å². The molecule has 0 bridgehead atoms. The van der Waals surface area contributed by atoms with Gasteiger partial charge in [-0.05, 0) is 48.7 Å². The number of H-pyrrole nitrogens is 1. The van der Waals surface area contributed by atoms with Crippen molar-refractivity contribution in [2.24, 2.45) is 0 Å². The summed E-state index contributed by atoms with van der Waals surface area (Å²) in [6, 6.07) is 16.6. The maximum Gasteiger partial charge on any atom is 0.119 e. The van der Waals surface area contributed by atoms with E-state index < -0.39 is 0 Å². The molecule has 2 aliphatic heterocycles. The van der Waals surface area contributed by atoms with Crippen LogP contribution < -0.4 is 10.1 Å². The highest BCUT2D eigenvalue weighted by Crippen LogP contribution is 2.39. The highest BCUT2D eigenvalue weighted by atomic mass is 79.9. The largest absolute Gasteiger partial charge is 0.492 e. The fourth-order valence-corrected chi connectivity index (χ4v) is 5.00. The predicted molar refractivity (Wildman–Crippen MR) is 112 cm³/mol. The van der Waals surface area contributed by atoms with E-state index in [9.17, 15) is 0 Å². The molecule has 0 radical (unpaired) electrons. The molecule has 140 valence electrons. The topological polar surface area (TPSA) is 40.3 Å². The number of fused-ring (bicyclic) bond motifs is 4. The van der Waals surface area contributed by atoms with Crippen LogP contribution in [0.2, 0.25) is 0 Å². The number of nitrogens with one attached hydrogen (secondary N) is 2. The minimum absolute atomic E-state index is 0.0474. The van der Waals surface area contributed by atoms with E-state index in [1.165, 1.54) is 22.2 Å². The lowest BCUT2D eigenvalue weighted by Gasteiger charge is -2.35. The molecule has 0 amide bonds. The summed E-state index contributed by atoms with van der Waals surface area (Å²) in [6.07, 6.45) is 2.23. The molecule has 3 heterocycles. The van der Waals surface area contributed by atoms with Crippen molar-refractivity contribution in [1.29, 1.82) is 0 Å². The molecule has 1 aromatic heterocycles. The molecule has 3 aromatic rings. The van der Waals surface area contributed by atoms with Crippen LogP contribution in [0.1, 0.15) is 17.7 Å². The number of rotatable bonds is 4. The number of hydrogen-bond acceptors (Lipinski definition) is 3. The summed E-state index contributed by atoms with van der Waals surface area (Å²) in [5, 5.41) is 5.21. The van der Waals surface area contributed by atoms with E-state index in [1.807, 2.05) is 30.3 Å². The van der Waals surface area contributed by atoms with Crippen LogP contribution in [-0.2, 0) is 12.0 Å². The third-order valence-corrected chi connectivity index (χ3v) is 6.45. The maximum atomic E-state index is 5.90. The number of hydrogen-bond donors (Lipinski definition) is 2. The minimum atomic E-state index is 0.0474. The lowest BCUT2D eigenvalue weighted by molar-refractivity contribution is 0.218. The van der Waals surface area contributed by atoms with E-state index in [0.717, 1.165) is 55.8 Å². The number of halogens is 1. The van der Waals surface area contributed by atoms with Crippen LogP contribution in [0.15, 0.2) is 53.0 Å². The maximum absolute atomic E-state index is 5.90. The zero-order chi connectivity index (χ0) is 18.3. The summed E-state index contributed by atoms with van der Waals surface area (Å²) in [6.45, 7) is 4.86. The second kappa shape index (κ2) is 6.97. The number of benzene rings is 2. The summed E-state index contributed by atoms with van der Waals surface area (Å²) in [5.74, 6) is 0.950. The summed E-state index contributed by atoms with van der Waals surface area (Å²) in [7, 11) is 0. The Morgan fingerprint density at radius 1 is 1.15 bits per heavy atom. The molecule has 2 N–H and O–H groups in total. The molecule has 5 heteroatoms. The summed E-state index contributed by atoms with van der Waals surface area (Å²) >= 11 is 3.63. The van der Waals surface area contributed by atoms with Crippen LogP contribution in [0.25, 0.3) is 10.9 Å². The smallest absolute Gasteiger partial charge is 0.119 e. The minimum Gasteiger partial charge on any atom is -0.492 e. The molecule has 4 nitrogen and oxygen atoms in total. The standard InChI is InChI=1S/C22H24BrN3O/c23-16-6-7-20-19(14-16)18-8-10-24-22(21(18)25-20)9-11-26(15-22)12-13-27-17-4-2-1-3-5-17/h1-7,14,24-25H,8-13,15H2. The second-order valence-corrected chi connectivity index (χ2v) is 8.53. The van der Waals surface area contributed by atoms with Gasteiger partial charge in [0.25, 0.3) is 0 Å². The molecule has 1 atom stereocenters. The lowest BCUT2D eigenvalue weighted by atomic mass is 9.86. The third-order valence-electron chi connectivity index (χ3n) is 5.95. The van der Waals surface area contributed by atoms with Gasteiger partial charge < -0.3 is 15.0 Å². The number of nitrogens with zero attached hydrogens (tertiary/aromatic N) is 1. The van der Waals surface area contributed by atoms with Crippen LogP contribution in [-0.4, -0.2) is 42.7 Å². The number of aromatic amines is 1. The Kier molecular flexibility index (Phi) is 4.46. The predicted octanol–water partition coefficient (Wildman–Crippen LogP) is 4.06. The molecule has 0 aliphatic carbocycles. The number of aromatic nitrogens is 1. The molecule has 2 aliphatic rings. The van der Waals surface area contributed by atoms with Crippen LogP contribution in [0, 0.1) is 0 Å². The van der Waals surface area contributed by atoms with E-state index in [2.05, 4.69) is 49.3 Å². The average Bonchev–Trinajstić information content (AvgIpc) is 3.26. The van der Waals surface area contributed by atoms with Crippen molar-refractivity contribution in [2.75, 3.05) is 32.8 Å². The number of ether oxygens (including phenoxy) is 1. The molecule has 27 heavy (non-hydrogen) atoms. The van der Waals surface area contributed by atoms with Gasteiger partial charge in [0.2, 0.25) is 0 Å². The normalized spacial score (nSPS) is 22.4. The highest BCUT2D eigenvalue weighted by molar-refractivity contribution is 9.10. The molecule has 1 fully saturated rings. The first kappa shape index (κ1) is 17.3. The van der Waals surface area contributed by atoms with Gasteiger partial charge in [0.15, 0.2) is 0 Å². The van der Waals surface area contributed by atoms with Crippen LogP contribution in [0.3, 0.4) is 0 Å². The first-order chi connectivity index (χ1) is 13.2. The van der Waals surface area contributed by atoms with Crippen LogP contribution >= 0.6 is 15.9 Å². The van der Waals surface area contributed by atoms with Gasteiger partial charge in [0.1, 0.15) is 12.4 Å². The van der Waals surface area contributed by atoms with Gasteiger partial charge in [-0.1, -0.05) is 34.1 Å². The van der Waals surface area contributed by atoms with Crippen molar-refractivity contribution >= 4 is 26.8 Å². The van der Waals surface area contributed by atoms with Gasteiger partial charge in [0.05, 0.1) is 5.54 Å². The van der Waals surface area contributed by atoms with E-state index >= 15 is 0 Å². The average molecular weight is 426 g/mol. The van der Waals surface area contributed by atoms with Crippen LogP contribution in [0.5, 0.6) is 5.75 Å². The molecule has 1 spiro atoms. The van der Waals surface area contributed by atoms with Crippen molar-refractivity contribution in [3.63, 3.8) is 0 Å². The molecule has 5 rings (SSSR count). The lowest BCUT2D eigenvalue weighted by Crippen LogP contribution is -2.49. The van der Waals surface area contributed by atoms with Crippen molar-refractivity contribution in [3.05, 3.63) is 64.3 Å². The monoisotopic (exact) mass is 425 g/mol. The molecule has 0 saturated carbocycles. The summed E-state index contributed by atoms with van der Waals surface area (Å²) < 4.78 is 7.05. The number of likely N-dealkylation sites (tertiary alicyclic amines) is 1. The quantitative estimate of drug-likeness (QED) is 0.661. The van der Waals surface area contributed by atoms with Gasteiger partial charge in [0, 0.05) is 47.2 Å². The Labute approximate surface area is 168 Å². The second-order valence-electron chi connectivity index (χ2n) is 7.62. The highest BCUT2D eigenvalue weighted by Gasteiger charge is 2.43. The van der Waals surface area contributed by atoms with Crippen molar-refractivity contribution in [3.8, 4) is 5.75 Å².